The highest BCUT2D eigenvalue weighted by Gasteiger charge is 2.13. The minimum absolute atomic E-state index is 0.706. The van der Waals surface area contributed by atoms with Crippen molar-refractivity contribution in [3.63, 3.8) is 0 Å². The van der Waals surface area contributed by atoms with E-state index in [-0.39, 0.29) is 0 Å². The molecule has 0 spiro atoms. The van der Waals surface area contributed by atoms with E-state index < -0.39 is 0 Å². The molecule has 0 atom stereocenters. The Labute approximate surface area is 176 Å². The van der Waals surface area contributed by atoms with Crippen molar-refractivity contribution < 1.29 is 4.42 Å². The molecule has 2 heterocycles. The summed E-state index contributed by atoms with van der Waals surface area (Å²) in [5.41, 5.74) is 6.23. The van der Waals surface area contributed by atoms with Gasteiger partial charge in [0.15, 0.2) is 0 Å². The summed E-state index contributed by atoms with van der Waals surface area (Å²) in [5, 5.41) is 3.79. The van der Waals surface area contributed by atoms with E-state index >= 15 is 0 Å². The third-order valence-electron chi connectivity index (χ3n) is 5.18. The number of rotatable bonds is 2. The van der Waals surface area contributed by atoms with Crippen molar-refractivity contribution in [2.45, 2.75) is 0 Å². The van der Waals surface area contributed by atoms with Crippen LogP contribution in [0.15, 0.2) is 89.3 Å². The fourth-order valence-corrected chi connectivity index (χ4v) is 4.88. The molecule has 6 rings (SSSR count). The average Bonchev–Trinajstić information content (AvgIpc) is 3.33. The molecule has 0 aliphatic carbocycles. The Morgan fingerprint density at radius 3 is 2.24 bits per heavy atom. The Kier molecular flexibility index (Phi) is 3.73. The predicted molar refractivity (Wildman–Crippen MR) is 123 cm³/mol. The molecule has 0 aliphatic rings. The van der Waals surface area contributed by atoms with Crippen molar-refractivity contribution in [2.75, 3.05) is 0 Å². The lowest BCUT2D eigenvalue weighted by Crippen LogP contribution is -1.79. The molecule has 0 radical (unpaired) electrons. The third-order valence-corrected chi connectivity index (χ3v) is 6.48. The lowest BCUT2D eigenvalue weighted by molar-refractivity contribution is 0.669. The summed E-state index contributed by atoms with van der Waals surface area (Å²) in [6.07, 6.45) is 0. The van der Waals surface area contributed by atoms with Crippen LogP contribution in [-0.4, -0.2) is 4.98 Å². The SMILES string of the molecule is Clc1ccc2oc3cc4sc(-c5ccc(-c6ccccc6)cc5)nc4cc3c2c1. The Morgan fingerprint density at radius 1 is 0.690 bits per heavy atom. The van der Waals surface area contributed by atoms with E-state index in [1.165, 1.54) is 11.1 Å². The molecular formula is C25H14ClNOS. The largest absolute Gasteiger partial charge is 0.456 e. The van der Waals surface area contributed by atoms with Gasteiger partial charge in [-0.15, -0.1) is 11.3 Å². The zero-order valence-electron chi connectivity index (χ0n) is 15.2. The second-order valence-corrected chi connectivity index (χ2v) is 8.49. The molecular weight excluding hydrogens is 398 g/mol. The van der Waals surface area contributed by atoms with E-state index in [9.17, 15) is 0 Å². The molecule has 6 aromatic rings. The summed E-state index contributed by atoms with van der Waals surface area (Å²) in [5.74, 6) is 0. The van der Waals surface area contributed by atoms with Gasteiger partial charge in [0.1, 0.15) is 16.2 Å². The monoisotopic (exact) mass is 411 g/mol. The molecule has 0 unspecified atom stereocenters. The first-order valence-electron chi connectivity index (χ1n) is 9.33. The van der Waals surface area contributed by atoms with Crippen LogP contribution in [-0.2, 0) is 0 Å². The van der Waals surface area contributed by atoms with Gasteiger partial charge in [-0.2, -0.15) is 0 Å². The maximum atomic E-state index is 6.18. The minimum Gasteiger partial charge on any atom is -0.456 e. The number of hydrogen-bond donors (Lipinski definition) is 0. The summed E-state index contributed by atoms with van der Waals surface area (Å²) in [4.78, 5) is 4.89. The average molecular weight is 412 g/mol. The lowest BCUT2D eigenvalue weighted by atomic mass is 10.0. The summed E-state index contributed by atoms with van der Waals surface area (Å²) in [6.45, 7) is 0. The standard InChI is InChI=1S/C25H14ClNOS/c26-18-10-11-22-19(12-18)20-13-21-24(14-23(20)28-22)29-25(27-21)17-8-6-16(7-9-17)15-4-2-1-3-5-15/h1-14H. The molecule has 2 nitrogen and oxygen atoms in total. The van der Waals surface area contributed by atoms with Crippen LogP contribution in [0.3, 0.4) is 0 Å². The molecule has 0 saturated carbocycles. The highest BCUT2D eigenvalue weighted by Crippen LogP contribution is 2.37. The summed E-state index contributed by atoms with van der Waals surface area (Å²) in [6, 6.07) is 28.9. The molecule has 0 fully saturated rings. The van der Waals surface area contributed by atoms with Gasteiger partial charge in [-0.1, -0.05) is 66.2 Å². The van der Waals surface area contributed by atoms with E-state index in [1.54, 1.807) is 11.3 Å². The van der Waals surface area contributed by atoms with Crippen molar-refractivity contribution >= 4 is 55.1 Å². The number of hydrogen-bond acceptors (Lipinski definition) is 3. The molecule has 4 aromatic carbocycles. The van der Waals surface area contributed by atoms with Gasteiger partial charge in [0.05, 0.1) is 10.2 Å². The van der Waals surface area contributed by atoms with Crippen LogP contribution in [0, 0.1) is 0 Å². The molecule has 0 N–H and O–H groups in total. The Bertz CT molecular complexity index is 1500. The molecule has 0 bridgehead atoms. The fourth-order valence-electron chi connectivity index (χ4n) is 3.73. The van der Waals surface area contributed by atoms with Crippen molar-refractivity contribution in [1.29, 1.82) is 0 Å². The van der Waals surface area contributed by atoms with Crippen molar-refractivity contribution in [1.82, 2.24) is 4.98 Å². The number of thiazole rings is 1. The van der Waals surface area contributed by atoms with Crippen molar-refractivity contribution in [3.8, 4) is 21.7 Å². The van der Waals surface area contributed by atoms with Gasteiger partial charge in [0, 0.05) is 27.4 Å². The Hall–Kier alpha value is -3.14. The fraction of sp³-hybridized carbons (Fsp3) is 0. The number of benzene rings is 4. The van der Waals surface area contributed by atoms with Crippen molar-refractivity contribution in [2.24, 2.45) is 0 Å². The highest BCUT2D eigenvalue weighted by atomic mass is 35.5. The smallest absolute Gasteiger partial charge is 0.136 e. The quantitative estimate of drug-likeness (QED) is 0.287. The number of fused-ring (bicyclic) bond motifs is 4. The third kappa shape index (κ3) is 2.82. The number of nitrogens with zero attached hydrogens (tertiary/aromatic N) is 1. The summed E-state index contributed by atoms with van der Waals surface area (Å²) in [7, 11) is 0. The van der Waals surface area contributed by atoms with E-state index in [4.69, 9.17) is 21.0 Å². The first-order valence-corrected chi connectivity index (χ1v) is 10.5. The number of aromatic nitrogens is 1. The molecule has 2 aromatic heterocycles. The molecule has 4 heteroatoms. The highest BCUT2D eigenvalue weighted by molar-refractivity contribution is 7.21. The molecule has 0 amide bonds. The number of furan rings is 1. The Morgan fingerprint density at radius 2 is 1.41 bits per heavy atom. The molecule has 138 valence electrons. The second kappa shape index (κ2) is 6.45. The normalized spacial score (nSPS) is 11.6. The van der Waals surface area contributed by atoms with Crippen LogP contribution in [0.25, 0.3) is 53.9 Å². The zero-order chi connectivity index (χ0) is 19.4. The molecule has 0 aliphatic heterocycles. The maximum absolute atomic E-state index is 6.18. The summed E-state index contributed by atoms with van der Waals surface area (Å²) < 4.78 is 7.13. The van der Waals surface area contributed by atoms with E-state index in [1.807, 2.05) is 24.3 Å². The van der Waals surface area contributed by atoms with Gasteiger partial charge in [-0.3, -0.25) is 0 Å². The molecule has 0 saturated heterocycles. The van der Waals surface area contributed by atoms with Gasteiger partial charge in [0.25, 0.3) is 0 Å². The van der Waals surface area contributed by atoms with Crippen LogP contribution in [0.1, 0.15) is 0 Å². The van der Waals surface area contributed by atoms with Crippen LogP contribution in [0.4, 0.5) is 0 Å². The van der Waals surface area contributed by atoms with E-state index in [0.717, 1.165) is 42.7 Å². The van der Waals surface area contributed by atoms with Crippen LogP contribution < -0.4 is 0 Å². The second-order valence-electron chi connectivity index (χ2n) is 7.02. The Balaban J connectivity index is 1.45. The van der Waals surface area contributed by atoms with E-state index in [2.05, 4.69) is 60.7 Å². The topological polar surface area (TPSA) is 26.0 Å². The molecule has 29 heavy (non-hydrogen) atoms. The van der Waals surface area contributed by atoms with Gasteiger partial charge < -0.3 is 4.42 Å². The lowest BCUT2D eigenvalue weighted by Gasteiger charge is -2.02. The van der Waals surface area contributed by atoms with E-state index in [0.29, 0.717) is 5.02 Å². The van der Waals surface area contributed by atoms with Crippen molar-refractivity contribution in [3.05, 3.63) is 90.0 Å². The van der Waals surface area contributed by atoms with Crippen LogP contribution in [0.2, 0.25) is 5.02 Å². The predicted octanol–water partition coefficient (Wildman–Crippen LogP) is 8.18. The summed E-state index contributed by atoms with van der Waals surface area (Å²) >= 11 is 7.86. The van der Waals surface area contributed by atoms with Gasteiger partial charge in [-0.25, -0.2) is 4.98 Å². The van der Waals surface area contributed by atoms with Gasteiger partial charge in [-0.05, 0) is 35.4 Å². The number of halogens is 1. The first kappa shape index (κ1) is 16.8. The van der Waals surface area contributed by atoms with Crippen LogP contribution in [0.5, 0.6) is 0 Å². The minimum atomic E-state index is 0.706. The first-order chi connectivity index (χ1) is 14.2. The van der Waals surface area contributed by atoms with Crippen LogP contribution >= 0.6 is 22.9 Å². The zero-order valence-corrected chi connectivity index (χ0v) is 16.8. The van der Waals surface area contributed by atoms with Gasteiger partial charge >= 0.3 is 0 Å². The maximum Gasteiger partial charge on any atom is 0.136 e. The van der Waals surface area contributed by atoms with Gasteiger partial charge in [0.2, 0.25) is 0 Å².